The quantitative estimate of drug-likeness (QED) is 0.675. The molecular formula is C10H13NO3. The van der Waals surface area contributed by atoms with Gasteiger partial charge in [0.15, 0.2) is 5.76 Å². The van der Waals surface area contributed by atoms with E-state index in [1.807, 2.05) is 6.07 Å². The van der Waals surface area contributed by atoms with Crippen molar-refractivity contribution in [3.8, 4) is 6.07 Å². The number of nitriles is 1. The molecule has 0 aliphatic heterocycles. The van der Waals surface area contributed by atoms with E-state index in [9.17, 15) is 4.79 Å². The SMILES string of the molecule is CCOC1=C(C)C(C#N)(OCC)C1=O. The molecule has 1 atom stereocenters. The highest BCUT2D eigenvalue weighted by molar-refractivity contribution is 6.13. The molecule has 0 aromatic heterocycles. The molecule has 1 aliphatic rings. The summed E-state index contributed by atoms with van der Waals surface area (Å²) in [6, 6.07) is 1.89. The topological polar surface area (TPSA) is 59.3 Å². The van der Waals surface area contributed by atoms with Crippen LogP contribution in [0.5, 0.6) is 0 Å². The molecule has 0 spiro atoms. The maximum atomic E-state index is 11.6. The highest BCUT2D eigenvalue weighted by Crippen LogP contribution is 2.38. The zero-order valence-electron chi connectivity index (χ0n) is 8.59. The number of ketones is 1. The minimum atomic E-state index is -1.38. The largest absolute Gasteiger partial charge is 0.490 e. The maximum absolute atomic E-state index is 11.6. The third-order valence-corrected chi connectivity index (χ3v) is 2.20. The average molecular weight is 195 g/mol. The molecule has 0 aromatic rings. The van der Waals surface area contributed by atoms with E-state index in [2.05, 4.69) is 0 Å². The second kappa shape index (κ2) is 3.81. The zero-order valence-corrected chi connectivity index (χ0v) is 8.59. The molecule has 0 saturated heterocycles. The summed E-state index contributed by atoms with van der Waals surface area (Å²) in [6.45, 7) is 5.98. The Balaban J connectivity index is 2.97. The van der Waals surface area contributed by atoms with Crippen LogP contribution in [0.3, 0.4) is 0 Å². The van der Waals surface area contributed by atoms with Crippen LogP contribution in [0, 0.1) is 11.3 Å². The summed E-state index contributed by atoms with van der Waals surface area (Å²) in [5.74, 6) is -0.0799. The van der Waals surface area contributed by atoms with Crippen molar-refractivity contribution in [3.63, 3.8) is 0 Å². The molecule has 0 amide bonds. The predicted molar refractivity (Wildman–Crippen MR) is 49.3 cm³/mol. The Morgan fingerprint density at radius 1 is 1.43 bits per heavy atom. The van der Waals surface area contributed by atoms with E-state index in [1.54, 1.807) is 20.8 Å². The normalized spacial score (nSPS) is 25.7. The van der Waals surface area contributed by atoms with Crippen LogP contribution in [-0.2, 0) is 14.3 Å². The number of Topliss-reactive ketones (excluding diaryl/α,β-unsaturated/α-hetero) is 1. The number of carbonyl (C=O) groups excluding carboxylic acids is 1. The summed E-state index contributed by atoms with van der Waals surface area (Å²) in [5.41, 5.74) is -0.798. The predicted octanol–water partition coefficient (Wildman–Crippen LogP) is 1.18. The Morgan fingerprint density at radius 3 is 2.43 bits per heavy atom. The Hall–Kier alpha value is -1.34. The molecule has 0 fully saturated rings. The number of rotatable bonds is 4. The summed E-state index contributed by atoms with van der Waals surface area (Å²) >= 11 is 0. The molecule has 0 heterocycles. The highest BCUT2D eigenvalue weighted by atomic mass is 16.5. The van der Waals surface area contributed by atoms with E-state index in [4.69, 9.17) is 14.7 Å². The molecule has 0 radical (unpaired) electrons. The van der Waals surface area contributed by atoms with Crippen LogP contribution >= 0.6 is 0 Å². The van der Waals surface area contributed by atoms with Crippen molar-refractivity contribution in [2.75, 3.05) is 13.2 Å². The van der Waals surface area contributed by atoms with E-state index in [-0.39, 0.29) is 11.5 Å². The minimum Gasteiger partial charge on any atom is -0.490 e. The van der Waals surface area contributed by atoms with Crippen molar-refractivity contribution in [1.29, 1.82) is 5.26 Å². The van der Waals surface area contributed by atoms with Gasteiger partial charge >= 0.3 is 0 Å². The van der Waals surface area contributed by atoms with Gasteiger partial charge in [0.2, 0.25) is 11.4 Å². The summed E-state index contributed by atoms with van der Waals surface area (Å²) < 4.78 is 10.3. The second-order valence-corrected chi connectivity index (χ2v) is 2.94. The van der Waals surface area contributed by atoms with Gasteiger partial charge in [-0.3, -0.25) is 4.79 Å². The van der Waals surface area contributed by atoms with Crippen LogP contribution < -0.4 is 0 Å². The molecule has 1 rings (SSSR count). The first-order valence-electron chi connectivity index (χ1n) is 4.58. The Bertz CT molecular complexity index is 327. The average Bonchev–Trinajstić information content (AvgIpc) is 2.21. The van der Waals surface area contributed by atoms with Crippen molar-refractivity contribution in [2.45, 2.75) is 26.4 Å². The molecule has 76 valence electrons. The van der Waals surface area contributed by atoms with Crippen LogP contribution in [0.15, 0.2) is 11.3 Å². The van der Waals surface area contributed by atoms with Crippen LogP contribution in [0.4, 0.5) is 0 Å². The van der Waals surface area contributed by atoms with Crippen molar-refractivity contribution < 1.29 is 14.3 Å². The van der Waals surface area contributed by atoms with E-state index in [0.29, 0.717) is 18.8 Å². The van der Waals surface area contributed by atoms with E-state index in [0.717, 1.165) is 0 Å². The van der Waals surface area contributed by atoms with Crippen molar-refractivity contribution >= 4 is 5.78 Å². The molecule has 4 nitrogen and oxygen atoms in total. The van der Waals surface area contributed by atoms with E-state index < -0.39 is 5.60 Å². The number of hydrogen-bond donors (Lipinski definition) is 0. The monoisotopic (exact) mass is 195 g/mol. The third-order valence-electron chi connectivity index (χ3n) is 2.20. The second-order valence-electron chi connectivity index (χ2n) is 2.94. The first-order valence-corrected chi connectivity index (χ1v) is 4.58. The van der Waals surface area contributed by atoms with Crippen molar-refractivity contribution in [3.05, 3.63) is 11.3 Å². The summed E-state index contributed by atoms with van der Waals surface area (Å²) in [4.78, 5) is 11.6. The number of carbonyl (C=O) groups is 1. The fourth-order valence-corrected chi connectivity index (χ4v) is 1.47. The molecule has 4 heteroatoms. The molecule has 0 bridgehead atoms. The van der Waals surface area contributed by atoms with Gasteiger partial charge in [0.25, 0.3) is 0 Å². The minimum absolute atomic E-state index is 0.280. The maximum Gasteiger partial charge on any atom is 0.248 e. The van der Waals surface area contributed by atoms with Gasteiger partial charge in [0.1, 0.15) is 6.07 Å². The Kier molecular flexibility index (Phi) is 2.92. The fourth-order valence-electron chi connectivity index (χ4n) is 1.47. The number of hydrogen-bond acceptors (Lipinski definition) is 4. The molecule has 0 saturated carbocycles. The van der Waals surface area contributed by atoms with Gasteiger partial charge in [0.05, 0.1) is 6.61 Å². The molecular weight excluding hydrogens is 182 g/mol. The third kappa shape index (κ3) is 1.21. The number of nitrogens with zero attached hydrogens (tertiary/aromatic N) is 1. The molecule has 1 aliphatic carbocycles. The lowest BCUT2D eigenvalue weighted by atomic mass is 9.78. The molecule has 1 unspecified atom stereocenters. The lowest BCUT2D eigenvalue weighted by Crippen LogP contribution is -2.51. The summed E-state index contributed by atoms with van der Waals surface area (Å²) in [7, 11) is 0. The molecule has 0 aromatic carbocycles. The summed E-state index contributed by atoms with van der Waals surface area (Å²) in [6.07, 6.45) is 0. The van der Waals surface area contributed by atoms with Gasteiger partial charge in [-0.2, -0.15) is 5.26 Å². The lowest BCUT2D eigenvalue weighted by Gasteiger charge is -2.35. The van der Waals surface area contributed by atoms with Gasteiger partial charge in [-0.1, -0.05) is 0 Å². The van der Waals surface area contributed by atoms with Crippen molar-refractivity contribution in [2.24, 2.45) is 0 Å². The zero-order chi connectivity index (χ0) is 10.8. The smallest absolute Gasteiger partial charge is 0.248 e. The van der Waals surface area contributed by atoms with Gasteiger partial charge in [-0.25, -0.2) is 0 Å². The Morgan fingerprint density at radius 2 is 2.07 bits per heavy atom. The van der Waals surface area contributed by atoms with Crippen LogP contribution in [-0.4, -0.2) is 24.6 Å². The van der Waals surface area contributed by atoms with E-state index >= 15 is 0 Å². The lowest BCUT2D eigenvalue weighted by molar-refractivity contribution is -0.139. The van der Waals surface area contributed by atoms with E-state index in [1.165, 1.54) is 0 Å². The van der Waals surface area contributed by atoms with Gasteiger partial charge in [0, 0.05) is 12.2 Å². The Labute approximate surface area is 83.1 Å². The van der Waals surface area contributed by atoms with Crippen LogP contribution in [0.25, 0.3) is 0 Å². The fraction of sp³-hybridized carbons (Fsp3) is 0.600. The number of ether oxygens (including phenoxy) is 2. The first-order chi connectivity index (χ1) is 6.64. The van der Waals surface area contributed by atoms with Crippen molar-refractivity contribution in [1.82, 2.24) is 0 Å². The van der Waals surface area contributed by atoms with Gasteiger partial charge in [-0.05, 0) is 20.8 Å². The molecule has 0 N–H and O–H groups in total. The standard InChI is InChI=1S/C10H13NO3/c1-4-13-8-7(3)10(6-11,9(8)12)14-5-2/h4-5H2,1-3H3. The van der Waals surface area contributed by atoms with Crippen LogP contribution in [0.2, 0.25) is 0 Å². The highest BCUT2D eigenvalue weighted by Gasteiger charge is 2.55. The first kappa shape index (κ1) is 10.7. The van der Waals surface area contributed by atoms with Gasteiger partial charge < -0.3 is 9.47 Å². The molecule has 14 heavy (non-hydrogen) atoms. The summed E-state index contributed by atoms with van der Waals surface area (Å²) in [5, 5.41) is 8.91. The van der Waals surface area contributed by atoms with Gasteiger partial charge in [-0.15, -0.1) is 0 Å². The van der Waals surface area contributed by atoms with Crippen LogP contribution in [0.1, 0.15) is 20.8 Å².